The molecule has 2 amide bonds. The fourth-order valence-corrected chi connectivity index (χ4v) is 2.94. The molecule has 2 unspecified atom stereocenters. The van der Waals surface area contributed by atoms with Crippen LogP contribution in [0.15, 0.2) is 24.3 Å². The third-order valence-corrected chi connectivity index (χ3v) is 4.83. The maximum Gasteiger partial charge on any atom is 0.317 e. The summed E-state index contributed by atoms with van der Waals surface area (Å²) in [5, 5.41) is 13.8. The minimum absolute atomic E-state index is 0.0327. The van der Waals surface area contributed by atoms with Crippen LogP contribution in [-0.4, -0.2) is 35.7 Å². The zero-order valence-electron chi connectivity index (χ0n) is 12.8. The van der Waals surface area contributed by atoms with Gasteiger partial charge < -0.3 is 15.3 Å². The van der Waals surface area contributed by atoms with Gasteiger partial charge in [-0.1, -0.05) is 23.7 Å². The van der Waals surface area contributed by atoms with Crippen LogP contribution < -0.4 is 5.32 Å². The van der Waals surface area contributed by atoms with Crippen molar-refractivity contribution in [3.63, 3.8) is 0 Å². The lowest BCUT2D eigenvalue weighted by Crippen LogP contribution is -2.43. The number of urea groups is 1. The molecule has 2 aliphatic rings. The highest BCUT2D eigenvalue weighted by molar-refractivity contribution is 6.30. The van der Waals surface area contributed by atoms with E-state index in [0.717, 1.165) is 31.2 Å². The fourth-order valence-electron chi connectivity index (χ4n) is 2.81. The topological polar surface area (TPSA) is 52.6 Å². The number of benzene rings is 1. The monoisotopic (exact) mass is 322 g/mol. The Labute approximate surface area is 136 Å². The highest BCUT2D eigenvalue weighted by atomic mass is 35.5. The molecule has 0 aromatic heterocycles. The molecule has 2 fully saturated rings. The zero-order valence-corrected chi connectivity index (χ0v) is 13.6. The van der Waals surface area contributed by atoms with E-state index in [4.69, 9.17) is 11.6 Å². The number of nitrogens with zero attached hydrogens (tertiary/aromatic N) is 1. The molecule has 120 valence electrons. The number of nitrogens with one attached hydrogen (secondary N) is 1. The number of rotatable bonds is 6. The van der Waals surface area contributed by atoms with Crippen LogP contribution in [0.1, 0.15) is 37.3 Å². The van der Waals surface area contributed by atoms with E-state index in [-0.39, 0.29) is 12.1 Å². The number of hydrogen-bond donors (Lipinski definition) is 2. The first-order chi connectivity index (χ1) is 10.5. The number of halogens is 1. The summed E-state index contributed by atoms with van der Waals surface area (Å²) in [6.07, 6.45) is 4.04. The molecule has 2 aliphatic carbocycles. The van der Waals surface area contributed by atoms with E-state index in [1.54, 1.807) is 11.9 Å². The van der Waals surface area contributed by atoms with Crippen LogP contribution in [0.3, 0.4) is 0 Å². The minimum atomic E-state index is -0.398. The van der Waals surface area contributed by atoms with Crippen molar-refractivity contribution >= 4 is 17.6 Å². The summed E-state index contributed by atoms with van der Waals surface area (Å²) in [6.45, 7) is 0.397. The quantitative estimate of drug-likeness (QED) is 0.845. The third kappa shape index (κ3) is 3.93. The Balaban J connectivity index is 1.60. The molecule has 0 bridgehead atoms. The largest absolute Gasteiger partial charge is 0.391 e. The second-order valence-electron chi connectivity index (χ2n) is 6.60. The molecule has 2 atom stereocenters. The fraction of sp³-hybridized carbons (Fsp3) is 0.588. The highest BCUT2D eigenvalue weighted by Gasteiger charge is 2.35. The zero-order chi connectivity index (χ0) is 15.7. The van der Waals surface area contributed by atoms with Gasteiger partial charge in [-0.25, -0.2) is 4.79 Å². The van der Waals surface area contributed by atoms with Crippen LogP contribution in [0.4, 0.5) is 4.79 Å². The van der Waals surface area contributed by atoms with Crippen LogP contribution in [0.25, 0.3) is 0 Å². The van der Waals surface area contributed by atoms with Gasteiger partial charge in [-0.2, -0.15) is 0 Å². The van der Waals surface area contributed by atoms with E-state index in [0.29, 0.717) is 23.4 Å². The van der Waals surface area contributed by atoms with Crippen molar-refractivity contribution in [2.24, 2.45) is 11.8 Å². The molecule has 0 saturated heterocycles. The van der Waals surface area contributed by atoms with Crippen LogP contribution in [0.2, 0.25) is 5.02 Å². The maximum absolute atomic E-state index is 12.4. The maximum atomic E-state index is 12.4. The van der Waals surface area contributed by atoms with Crippen molar-refractivity contribution < 1.29 is 9.90 Å². The molecule has 4 nitrogen and oxygen atoms in total. The summed E-state index contributed by atoms with van der Waals surface area (Å²) < 4.78 is 0. The average Bonchev–Trinajstić information content (AvgIpc) is 3.38. The standard InChI is InChI=1S/C17H23ClN2O2/c1-20(10-15(21)11-2-3-11)17(22)19-16(12-4-5-12)13-6-8-14(18)9-7-13/h6-9,11-12,15-16,21H,2-5,10H2,1H3,(H,19,22). The van der Waals surface area contributed by atoms with Gasteiger partial charge in [-0.3, -0.25) is 0 Å². The van der Waals surface area contributed by atoms with Crippen LogP contribution >= 0.6 is 11.6 Å². The molecule has 22 heavy (non-hydrogen) atoms. The molecule has 0 aliphatic heterocycles. The van der Waals surface area contributed by atoms with Gasteiger partial charge in [0.2, 0.25) is 0 Å². The predicted molar refractivity (Wildman–Crippen MR) is 86.8 cm³/mol. The number of amides is 2. The van der Waals surface area contributed by atoms with Crippen LogP contribution in [-0.2, 0) is 0 Å². The van der Waals surface area contributed by atoms with Crippen molar-refractivity contribution in [2.45, 2.75) is 37.8 Å². The third-order valence-electron chi connectivity index (χ3n) is 4.58. The van der Waals surface area contributed by atoms with Gasteiger partial charge in [0.25, 0.3) is 0 Å². The van der Waals surface area contributed by atoms with Gasteiger partial charge in [-0.15, -0.1) is 0 Å². The number of aliphatic hydroxyl groups excluding tert-OH is 1. The SMILES string of the molecule is CN(CC(O)C1CC1)C(=O)NC(c1ccc(Cl)cc1)C1CC1. The molecule has 0 heterocycles. The summed E-state index contributed by atoms with van der Waals surface area (Å²) in [7, 11) is 1.74. The second-order valence-corrected chi connectivity index (χ2v) is 7.04. The molecule has 0 radical (unpaired) electrons. The van der Waals surface area contributed by atoms with Crippen molar-refractivity contribution in [3.8, 4) is 0 Å². The lowest BCUT2D eigenvalue weighted by Gasteiger charge is -2.25. The first-order valence-electron chi connectivity index (χ1n) is 7.99. The number of carbonyl (C=O) groups is 1. The number of hydrogen-bond acceptors (Lipinski definition) is 2. The Kier molecular flexibility index (Phi) is 4.59. The second kappa shape index (κ2) is 6.47. The molecule has 2 saturated carbocycles. The van der Waals surface area contributed by atoms with Crippen molar-refractivity contribution in [2.75, 3.05) is 13.6 Å². The lowest BCUT2D eigenvalue weighted by atomic mass is 10.0. The Hall–Kier alpha value is -1.26. The van der Waals surface area contributed by atoms with Gasteiger partial charge in [0.1, 0.15) is 0 Å². The van der Waals surface area contributed by atoms with Crippen molar-refractivity contribution in [1.82, 2.24) is 10.2 Å². The van der Waals surface area contributed by atoms with E-state index < -0.39 is 6.10 Å². The molecule has 1 aromatic carbocycles. The summed E-state index contributed by atoms with van der Waals surface area (Å²) in [5.74, 6) is 0.887. The van der Waals surface area contributed by atoms with E-state index in [1.165, 1.54) is 0 Å². The highest BCUT2D eigenvalue weighted by Crippen LogP contribution is 2.41. The van der Waals surface area contributed by atoms with Gasteiger partial charge in [0.15, 0.2) is 0 Å². The molecule has 2 N–H and O–H groups in total. The summed E-state index contributed by atoms with van der Waals surface area (Å²) in [4.78, 5) is 14.0. The van der Waals surface area contributed by atoms with E-state index >= 15 is 0 Å². The molecule has 5 heteroatoms. The number of aliphatic hydroxyl groups is 1. The Bertz CT molecular complexity index is 526. The average molecular weight is 323 g/mol. The first kappa shape index (κ1) is 15.6. The minimum Gasteiger partial charge on any atom is -0.391 e. The Morgan fingerprint density at radius 2 is 1.86 bits per heavy atom. The normalized spacial score (nSPS) is 20.3. The Morgan fingerprint density at radius 1 is 1.27 bits per heavy atom. The molecule has 0 spiro atoms. The lowest BCUT2D eigenvalue weighted by molar-refractivity contribution is 0.112. The smallest absolute Gasteiger partial charge is 0.317 e. The van der Waals surface area contributed by atoms with E-state index in [2.05, 4.69) is 5.32 Å². The summed E-state index contributed by atoms with van der Waals surface area (Å²) >= 11 is 5.94. The van der Waals surface area contributed by atoms with Crippen molar-refractivity contribution in [3.05, 3.63) is 34.9 Å². The van der Waals surface area contributed by atoms with Crippen LogP contribution in [0, 0.1) is 11.8 Å². The van der Waals surface area contributed by atoms with Gasteiger partial charge in [0.05, 0.1) is 12.1 Å². The summed E-state index contributed by atoms with van der Waals surface area (Å²) in [6, 6.07) is 7.59. The predicted octanol–water partition coefficient (Wildman–Crippen LogP) is 3.20. The molecule has 3 rings (SSSR count). The van der Waals surface area contributed by atoms with Crippen LogP contribution in [0.5, 0.6) is 0 Å². The van der Waals surface area contributed by atoms with Gasteiger partial charge >= 0.3 is 6.03 Å². The number of carbonyl (C=O) groups excluding carboxylic acids is 1. The molecule has 1 aromatic rings. The number of likely N-dealkylation sites (N-methyl/N-ethyl adjacent to an activating group) is 1. The van der Waals surface area contributed by atoms with E-state index in [1.807, 2.05) is 24.3 Å². The van der Waals surface area contributed by atoms with Gasteiger partial charge in [-0.05, 0) is 55.2 Å². The first-order valence-corrected chi connectivity index (χ1v) is 8.37. The summed E-state index contributed by atoms with van der Waals surface area (Å²) in [5.41, 5.74) is 1.09. The van der Waals surface area contributed by atoms with Gasteiger partial charge in [0, 0.05) is 18.6 Å². The Morgan fingerprint density at radius 3 is 2.41 bits per heavy atom. The molecular weight excluding hydrogens is 300 g/mol. The van der Waals surface area contributed by atoms with Crippen molar-refractivity contribution in [1.29, 1.82) is 0 Å². The molecular formula is C17H23ClN2O2. The van der Waals surface area contributed by atoms with E-state index in [9.17, 15) is 9.90 Å².